The van der Waals surface area contributed by atoms with Gasteiger partial charge in [-0.3, -0.25) is 0 Å². The number of nitrogens with two attached hydrogens (primary N) is 1. The summed E-state index contributed by atoms with van der Waals surface area (Å²) in [6, 6.07) is 23.7. The van der Waals surface area contributed by atoms with E-state index in [-0.39, 0.29) is 0 Å². The van der Waals surface area contributed by atoms with Crippen LogP contribution in [-0.4, -0.2) is 6.54 Å². The van der Waals surface area contributed by atoms with Gasteiger partial charge in [-0.1, -0.05) is 66.7 Å². The Hall–Kier alpha value is -2.12. The lowest BCUT2D eigenvalue weighted by Gasteiger charge is -2.07. The van der Waals surface area contributed by atoms with Gasteiger partial charge in [-0.15, -0.1) is 0 Å². The molecule has 0 aliphatic rings. The maximum atomic E-state index is 5.58. The first-order valence-electron chi connectivity index (χ1n) is 6.65. The monoisotopic (exact) mass is 247 g/mol. The molecule has 2 N–H and O–H groups in total. The number of hydrogen-bond donors (Lipinski definition) is 1. The van der Waals surface area contributed by atoms with E-state index >= 15 is 0 Å². The third-order valence-corrected chi connectivity index (χ3v) is 3.49. The van der Waals surface area contributed by atoms with Crippen LogP contribution in [0.5, 0.6) is 0 Å². The van der Waals surface area contributed by atoms with Crippen molar-refractivity contribution < 1.29 is 0 Å². The third kappa shape index (κ3) is 2.38. The van der Waals surface area contributed by atoms with E-state index in [1.54, 1.807) is 0 Å². The summed E-state index contributed by atoms with van der Waals surface area (Å²) in [5.41, 5.74) is 9.43. The highest BCUT2D eigenvalue weighted by Crippen LogP contribution is 2.28. The van der Waals surface area contributed by atoms with Gasteiger partial charge in [0.15, 0.2) is 0 Å². The van der Waals surface area contributed by atoms with Crippen LogP contribution in [0, 0.1) is 0 Å². The Morgan fingerprint density at radius 2 is 1.47 bits per heavy atom. The van der Waals surface area contributed by atoms with Crippen molar-refractivity contribution in [3.8, 4) is 11.1 Å². The van der Waals surface area contributed by atoms with Crippen LogP contribution in [0.25, 0.3) is 21.9 Å². The normalized spacial score (nSPS) is 10.8. The molecule has 0 spiro atoms. The Labute approximate surface area is 113 Å². The zero-order chi connectivity index (χ0) is 13.1. The number of benzene rings is 3. The van der Waals surface area contributed by atoms with Crippen LogP contribution in [0.3, 0.4) is 0 Å². The van der Waals surface area contributed by atoms with Gasteiger partial charge in [0, 0.05) is 0 Å². The molecule has 3 aromatic carbocycles. The third-order valence-electron chi connectivity index (χ3n) is 3.49. The molecule has 0 amide bonds. The first kappa shape index (κ1) is 11.9. The molecule has 0 aromatic heterocycles. The van der Waals surface area contributed by atoms with Gasteiger partial charge in [0.25, 0.3) is 0 Å². The van der Waals surface area contributed by atoms with Gasteiger partial charge in [0.1, 0.15) is 0 Å². The second-order valence-electron chi connectivity index (χ2n) is 4.76. The van der Waals surface area contributed by atoms with E-state index in [9.17, 15) is 0 Å². The Morgan fingerprint density at radius 3 is 2.26 bits per heavy atom. The van der Waals surface area contributed by atoms with E-state index in [2.05, 4.69) is 66.7 Å². The van der Waals surface area contributed by atoms with Crippen molar-refractivity contribution in [2.45, 2.75) is 6.42 Å². The molecule has 0 heterocycles. The molecule has 0 bridgehead atoms. The molecule has 3 aromatic rings. The van der Waals surface area contributed by atoms with Crippen LogP contribution in [0.4, 0.5) is 0 Å². The number of hydrogen-bond acceptors (Lipinski definition) is 1. The largest absolute Gasteiger partial charge is 0.330 e. The maximum absolute atomic E-state index is 5.58. The summed E-state index contributed by atoms with van der Waals surface area (Å²) in [4.78, 5) is 0. The van der Waals surface area contributed by atoms with Crippen LogP contribution in [0.15, 0.2) is 66.7 Å². The van der Waals surface area contributed by atoms with Crippen molar-refractivity contribution in [1.82, 2.24) is 0 Å². The second-order valence-corrected chi connectivity index (χ2v) is 4.76. The first-order valence-corrected chi connectivity index (χ1v) is 6.65. The molecule has 0 saturated heterocycles. The summed E-state index contributed by atoms with van der Waals surface area (Å²) in [5.74, 6) is 0. The van der Waals surface area contributed by atoms with Crippen LogP contribution in [0.1, 0.15) is 5.56 Å². The molecule has 0 radical (unpaired) electrons. The second kappa shape index (κ2) is 5.25. The maximum Gasteiger partial charge on any atom is -0.00367 e. The summed E-state index contributed by atoms with van der Waals surface area (Å²) in [6.45, 7) is 0.702. The number of fused-ring (bicyclic) bond motifs is 1. The van der Waals surface area contributed by atoms with Crippen LogP contribution in [0.2, 0.25) is 0 Å². The topological polar surface area (TPSA) is 26.0 Å². The minimum absolute atomic E-state index is 0.702. The van der Waals surface area contributed by atoms with Gasteiger partial charge >= 0.3 is 0 Å². The van der Waals surface area contributed by atoms with Gasteiger partial charge in [0.05, 0.1) is 0 Å². The minimum atomic E-state index is 0.702. The summed E-state index contributed by atoms with van der Waals surface area (Å²) >= 11 is 0. The summed E-state index contributed by atoms with van der Waals surface area (Å²) < 4.78 is 0. The van der Waals surface area contributed by atoms with E-state index in [1.807, 2.05) is 0 Å². The van der Waals surface area contributed by atoms with E-state index in [0.29, 0.717) is 6.54 Å². The molecular weight excluding hydrogens is 230 g/mol. The fraction of sp³-hybridized carbons (Fsp3) is 0.111. The molecular formula is C18H17N. The van der Waals surface area contributed by atoms with Gasteiger partial charge in [-0.25, -0.2) is 0 Å². The Bertz CT molecular complexity index is 678. The predicted molar refractivity (Wildman–Crippen MR) is 82.1 cm³/mol. The first-order chi connectivity index (χ1) is 9.38. The van der Waals surface area contributed by atoms with E-state index in [1.165, 1.54) is 27.5 Å². The van der Waals surface area contributed by atoms with E-state index in [0.717, 1.165) is 6.42 Å². The molecule has 0 saturated carbocycles. The highest BCUT2D eigenvalue weighted by molar-refractivity contribution is 5.96. The zero-order valence-electron chi connectivity index (χ0n) is 10.8. The Balaban J connectivity index is 2.08. The van der Waals surface area contributed by atoms with Crippen molar-refractivity contribution in [2.24, 2.45) is 5.73 Å². The SMILES string of the molecule is NCCc1ccc(-c2cccc3ccccc23)cc1. The van der Waals surface area contributed by atoms with E-state index in [4.69, 9.17) is 5.73 Å². The predicted octanol–water partition coefficient (Wildman–Crippen LogP) is 4.01. The zero-order valence-corrected chi connectivity index (χ0v) is 10.8. The Morgan fingerprint density at radius 1 is 0.737 bits per heavy atom. The lowest BCUT2D eigenvalue weighted by atomic mass is 9.97. The molecule has 0 fully saturated rings. The molecule has 3 rings (SSSR count). The quantitative estimate of drug-likeness (QED) is 0.743. The van der Waals surface area contributed by atoms with Crippen LogP contribution in [-0.2, 0) is 6.42 Å². The average molecular weight is 247 g/mol. The van der Waals surface area contributed by atoms with Gasteiger partial charge in [-0.2, -0.15) is 0 Å². The van der Waals surface area contributed by atoms with Gasteiger partial charge in [0.2, 0.25) is 0 Å². The smallest absolute Gasteiger partial charge is 0.00367 e. The minimum Gasteiger partial charge on any atom is -0.330 e. The van der Waals surface area contributed by atoms with Gasteiger partial charge in [-0.05, 0) is 40.4 Å². The lowest BCUT2D eigenvalue weighted by Crippen LogP contribution is -2.02. The Kier molecular flexibility index (Phi) is 3.30. The molecule has 0 atom stereocenters. The summed E-state index contributed by atoms with van der Waals surface area (Å²) in [7, 11) is 0. The van der Waals surface area contributed by atoms with Crippen molar-refractivity contribution in [1.29, 1.82) is 0 Å². The number of rotatable bonds is 3. The van der Waals surface area contributed by atoms with Crippen molar-refractivity contribution in [2.75, 3.05) is 6.54 Å². The van der Waals surface area contributed by atoms with Crippen LogP contribution >= 0.6 is 0 Å². The summed E-state index contributed by atoms with van der Waals surface area (Å²) in [6.07, 6.45) is 0.940. The fourth-order valence-corrected chi connectivity index (χ4v) is 2.49. The van der Waals surface area contributed by atoms with Crippen molar-refractivity contribution in [3.63, 3.8) is 0 Å². The highest BCUT2D eigenvalue weighted by Gasteiger charge is 2.02. The molecule has 0 unspecified atom stereocenters. The average Bonchev–Trinajstić information content (AvgIpc) is 2.48. The standard InChI is InChI=1S/C18H17N/c19-13-12-14-8-10-16(11-9-14)18-7-3-5-15-4-1-2-6-17(15)18/h1-11H,12-13,19H2. The highest BCUT2D eigenvalue weighted by atomic mass is 14.5. The molecule has 19 heavy (non-hydrogen) atoms. The molecule has 0 aliphatic carbocycles. The lowest BCUT2D eigenvalue weighted by molar-refractivity contribution is 0.969. The van der Waals surface area contributed by atoms with Crippen molar-refractivity contribution in [3.05, 3.63) is 72.3 Å². The van der Waals surface area contributed by atoms with Gasteiger partial charge < -0.3 is 5.73 Å². The fourth-order valence-electron chi connectivity index (χ4n) is 2.49. The molecule has 94 valence electrons. The molecule has 0 aliphatic heterocycles. The molecule has 1 nitrogen and oxygen atoms in total. The summed E-state index contributed by atoms with van der Waals surface area (Å²) in [5, 5.41) is 2.59. The molecule has 1 heteroatoms. The van der Waals surface area contributed by atoms with Crippen molar-refractivity contribution >= 4 is 10.8 Å². The van der Waals surface area contributed by atoms with Crippen LogP contribution < -0.4 is 5.73 Å². The van der Waals surface area contributed by atoms with E-state index < -0.39 is 0 Å².